The Bertz CT molecular complexity index is 572. The number of hydrogen-bond donors (Lipinski definition) is 2. The lowest BCUT2D eigenvalue weighted by Gasteiger charge is -2.26. The number of fused-ring (bicyclic) bond motifs is 1. The number of benzene rings is 1. The molecule has 0 radical (unpaired) electrons. The van der Waals surface area contributed by atoms with Gasteiger partial charge in [0.05, 0.1) is 11.4 Å². The summed E-state index contributed by atoms with van der Waals surface area (Å²) in [4.78, 5) is 0. The van der Waals surface area contributed by atoms with Gasteiger partial charge in [-0.2, -0.15) is 0 Å². The van der Waals surface area contributed by atoms with Crippen molar-refractivity contribution in [3.8, 4) is 0 Å². The first-order valence-corrected chi connectivity index (χ1v) is 7.48. The van der Waals surface area contributed by atoms with Gasteiger partial charge in [-0.3, -0.25) is 0 Å². The van der Waals surface area contributed by atoms with Crippen LogP contribution in [0.3, 0.4) is 0 Å². The average Bonchev–Trinajstić information content (AvgIpc) is 2.94. The van der Waals surface area contributed by atoms with E-state index in [-0.39, 0.29) is 0 Å². The third kappa shape index (κ3) is 2.71. The SMILES string of the molecule is CC1CCC(CCNc2ccc(N)c3nonc23)CC1. The van der Waals surface area contributed by atoms with Crippen LogP contribution in [0.25, 0.3) is 11.0 Å². The van der Waals surface area contributed by atoms with E-state index in [1.54, 1.807) is 0 Å². The maximum Gasteiger partial charge on any atom is 0.160 e. The molecule has 1 fully saturated rings. The molecule has 2 aromatic rings. The van der Waals surface area contributed by atoms with Crippen molar-refractivity contribution in [3.63, 3.8) is 0 Å². The lowest BCUT2D eigenvalue weighted by atomic mass is 9.81. The van der Waals surface area contributed by atoms with Gasteiger partial charge in [-0.1, -0.05) is 32.6 Å². The minimum absolute atomic E-state index is 0.605. The smallest absolute Gasteiger partial charge is 0.160 e. The van der Waals surface area contributed by atoms with Gasteiger partial charge in [0.2, 0.25) is 0 Å². The quantitative estimate of drug-likeness (QED) is 0.835. The number of rotatable bonds is 4. The van der Waals surface area contributed by atoms with E-state index in [4.69, 9.17) is 10.4 Å². The summed E-state index contributed by atoms with van der Waals surface area (Å²) in [6, 6.07) is 3.79. The van der Waals surface area contributed by atoms with Crippen molar-refractivity contribution in [2.75, 3.05) is 17.6 Å². The summed E-state index contributed by atoms with van der Waals surface area (Å²) in [6.45, 7) is 3.32. The summed E-state index contributed by atoms with van der Waals surface area (Å²) in [6.07, 6.45) is 6.70. The molecule has 1 saturated carbocycles. The first-order valence-electron chi connectivity index (χ1n) is 7.48. The zero-order valence-electron chi connectivity index (χ0n) is 11.9. The van der Waals surface area contributed by atoms with Gasteiger partial charge in [0.15, 0.2) is 11.0 Å². The van der Waals surface area contributed by atoms with Gasteiger partial charge < -0.3 is 11.1 Å². The normalized spacial score (nSPS) is 23.1. The van der Waals surface area contributed by atoms with Gasteiger partial charge >= 0.3 is 0 Å². The lowest BCUT2D eigenvalue weighted by Crippen LogP contribution is -2.15. The van der Waals surface area contributed by atoms with E-state index in [0.29, 0.717) is 11.2 Å². The highest BCUT2D eigenvalue weighted by Crippen LogP contribution is 2.31. The molecule has 3 rings (SSSR count). The molecule has 5 nitrogen and oxygen atoms in total. The Morgan fingerprint density at radius 1 is 1.20 bits per heavy atom. The van der Waals surface area contributed by atoms with Crippen LogP contribution in [0.5, 0.6) is 0 Å². The van der Waals surface area contributed by atoms with Gasteiger partial charge in [-0.05, 0) is 40.7 Å². The molecule has 1 aliphatic carbocycles. The van der Waals surface area contributed by atoms with Crippen LogP contribution < -0.4 is 11.1 Å². The molecule has 1 heterocycles. The van der Waals surface area contributed by atoms with Crippen LogP contribution in [0.2, 0.25) is 0 Å². The van der Waals surface area contributed by atoms with Crippen LogP contribution in [0.4, 0.5) is 11.4 Å². The number of nitrogens with one attached hydrogen (secondary N) is 1. The Morgan fingerprint density at radius 2 is 1.95 bits per heavy atom. The fourth-order valence-corrected chi connectivity index (χ4v) is 3.06. The van der Waals surface area contributed by atoms with Gasteiger partial charge in [-0.25, -0.2) is 4.63 Å². The molecular formula is C15H22N4O. The van der Waals surface area contributed by atoms with Crippen molar-refractivity contribution in [2.24, 2.45) is 11.8 Å². The summed E-state index contributed by atoms with van der Waals surface area (Å²) in [5.41, 5.74) is 8.77. The molecule has 1 aliphatic rings. The van der Waals surface area contributed by atoms with Crippen LogP contribution in [-0.4, -0.2) is 16.9 Å². The largest absolute Gasteiger partial charge is 0.397 e. The summed E-state index contributed by atoms with van der Waals surface area (Å²) in [5.74, 6) is 1.77. The van der Waals surface area contributed by atoms with Crippen molar-refractivity contribution < 1.29 is 4.63 Å². The Kier molecular flexibility index (Phi) is 3.76. The Balaban J connectivity index is 1.57. The van der Waals surface area contributed by atoms with Crippen molar-refractivity contribution in [2.45, 2.75) is 39.0 Å². The molecule has 0 spiro atoms. The second kappa shape index (κ2) is 5.69. The third-order valence-electron chi connectivity index (χ3n) is 4.45. The highest BCUT2D eigenvalue weighted by Gasteiger charge is 2.18. The molecule has 0 atom stereocenters. The van der Waals surface area contributed by atoms with Crippen LogP contribution in [0, 0.1) is 11.8 Å². The molecule has 1 aromatic heterocycles. The first kappa shape index (κ1) is 13.2. The lowest BCUT2D eigenvalue weighted by molar-refractivity contribution is 0.282. The molecule has 0 unspecified atom stereocenters. The van der Waals surface area contributed by atoms with Gasteiger partial charge in [0.25, 0.3) is 0 Å². The number of nitrogen functional groups attached to an aromatic ring is 1. The topological polar surface area (TPSA) is 77.0 Å². The number of anilines is 2. The molecule has 5 heteroatoms. The molecule has 0 bridgehead atoms. The molecule has 20 heavy (non-hydrogen) atoms. The average molecular weight is 274 g/mol. The third-order valence-corrected chi connectivity index (χ3v) is 4.45. The molecule has 0 amide bonds. The number of aromatic nitrogens is 2. The highest BCUT2D eigenvalue weighted by atomic mass is 16.6. The van der Waals surface area contributed by atoms with E-state index in [9.17, 15) is 0 Å². The van der Waals surface area contributed by atoms with Crippen molar-refractivity contribution in [3.05, 3.63) is 12.1 Å². The summed E-state index contributed by atoms with van der Waals surface area (Å²) >= 11 is 0. The number of hydrogen-bond acceptors (Lipinski definition) is 5. The van der Waals surface area contributed by atoms with E-state index in [0.717, 1.165) is 29.6 Å². The first-order chi connectivity index (χ1) is 9.74. The van der Waals surface area contributed by atoms with E-state index in [1.807, 2.05) is 12.1 Å². The van der Waals surface area contributed by atoms with Gasteiger partial charge in [-0.15, -0.1) is 0 Å². The predicted octanol–water partition coefficient (Wildman–Crippen LogP) is 3.43. The molecular weight excluding hydrogens is 252 g/mol. The summed E-state index contributed by atoms with van der Waals surface area (Å²) < 4.78 is 4.77. The van der Waals surface area contributed by atoms with E-state index >= 15 is 0 Å². The minimum atomic E-state index is 0.605. The fourth-order valence-electron chi connectivity index (χ4n) is 3.06. The fraction of sp³-hybridized carbons (Fsp3) is 0.600. The second-order valence-electron chi connectivity index (χ2n) is 6.01. The molecule has 0 aliphatic heterocycles. The zero-order valence-corrected chi connectivity index (χ0v) is 11.9. The van der Waals surface area contributed by atoms with Crippen molar-refractivity contribution in [1.82, 2.24) is 10.3 Å². The molecule has 1 aromatic carbocycles. The van der Waals surface area contributed by atoms with Crippen molar-refractivity contribution in [1.29, 1.82) is 0 Å². The monoisotopic (exact) mass is 274 g/mol. The summed E-state index contributed by atoms with van der Waals surface area (Å²) in [5, 5.41) is 11.2. The second-order valence-corrected chi connectivity index (χ2v) is 6.01. The predicted molar refractivity (Wildman–Crippen MR) is 80.4 cm³/mol. The highest BCUT2D eigenvalue weighted by molar-refractivity contribution is 5.94. The Hall–Kier alpha value is -1.78. The van der Waals surface area contributed by atoms with Gasteiger partial charge in [0, 0.05) is 6.54 Å². The maximum absolute atomic E-state index is 5.84. The summed E-state index contributed by atoms with van der Waals surface area (Å²) in [7, 11) is 0. The van der Waals surface area contributed by atoms with Crippen LogP contribution >= 0.6 is 0 Å². The standard InChI is InChI=1S/C15H22N4O/c1-10-2-4-11(5-3-10)8-9-17-13-7-6-12(16)14-15(13)19-20-18-14/h6-7,10-11,17H,2-5,8-9,16H2,1H3. The molecule has 108 valence electrons. The maximum atomic E-state index is 5.84. The van der Waals surface area contributed by atoms with Crippen LogP contribution in [0.1, 0.15) is 39.0 Å². The van der Waals surface area contributed by atoms with Crippen LogP contribution in [0.15, 0.2) is 16.8 Å². The van der Waals surface area contributed by atoms with Crippen molar-refractivity contribution >= 4 is 22.4 Å². The number of nitrogens with two attached hydrogens (primary N) is 1. The Labute approximate surface area is 118 Å². The van der Waals surface area contributed by atoms with E-state index < -0.39 is 0 Å². The molecule has 3 N–H and O–H groups in total. The number of nitrogens with zero attached hydrogens (tertiary/aromatic N) is 2. The molecule has 0 saturated heterocycles. The van der Waals surface area contributed by atoms with E-state index in [1.165, 1.54) is 32.1 Å². The van der Waals surface area contributed by atoms with Gasteiger partial charge in [0.1, 0.15) is 0 Å². The minimum Gasteiger partial charge on any atom is -0.397 e. The van der Waals surface area contributed by atoms with Crippen LogP contribution in [-0.2, 0) is 0 Å². The Morgan fingerprint density at radius 3 is 2.75 bits per heavy atom. The zero-order chi connectivity index (χ0) is 13.9. The van der Waals surface area contributed by atoms with E-state index in [2.05, 4.69) is 22.6 Å².